The molecule has 0 aliphatic carbocycles. The number of piperazine rings is 1. The monoisotopic (exact) mass is 266 g/mol. The summed E-state index contributed by atoms with van der Waals surface area (Å²) in [5, 5.41) is 0. The molecule has 0 radical (unpaired) electrons. The van der Waals surface area contributed by atoms with Crippen LogP contribution in [-0.4, -0.2) is 41.5 Å². The molecule has 0 spiro atoms. The van der Waals surface area contributed by atoms with Gasteiger partial charge in [0.25, 0.3) is 0 Å². The maximum absolute atomic E-state index is 13.7. The van der Waals surface area contributed by atoms with Gasteiger partial charge in [0.05, 0.1) is 0 Å². The highest BCUT2D eigenvalue weighted by molar-refractivity contribution is 5.19. The second kappa shape index (κ2) is 5.17. The van der Waals surface area contributed by atoms with Crippen molar-refractivity contribution in [1.82, 2.24) is 9.80 Å². The lowest BCUT2D eigenvalue weighted by Crippen LogP contribution is -2.54. The van der Waals surface area contributed by atoms with Crippen LogP contribution < -0.4 is 0 Å². The van der Waals surface area contributed by atoms with Crippen LogP contribution in [0.2, 0.25) is 0 Å². The van der Waals surface area contributed by atoms with E-state index in [1.165, 1.54) is 25.5 Å². The van der Waals surface area contributed by atoms with Crippen molar-refractivity contribution in [3.05, 3.63) is 35.4 Å². The molecule has 2 aliphatic heterocycles. The van der Waals surface area contributed by atoms with Crippen molar-refractivity contribution in [2.24, 2.45) is 0 Å². The largest absolute Gasteiger partial charge is 0.298 e. The van der Waals surface area contributed by atoms with Gasteiger partial charge in [-0.2, -0.15) is 0 Å². The van der Waals surface area contributed by atoms with Gasteiger partial charge in [-0.25, -0.2) is 8.78 Å². The number of fused-ring (bicyclic) bond motifs is 1. The predicted octanol–water partition coefficient (Wildman–Crippen LogP) is 2.63. The van der Waals surface area contributed by atoms with Crippen LogP contribution in [0.3, 0.4) is 0 Å². The fraction of sp³-hybridized carbons (Fsp3) is 0.600. The lowest BCUT2D eigenvalue weighted by atomic mass is 10.1. The highest BCUT2D eigenvalue weighted by Gasteiger charge is 2.34. The average molecular weight is 266 g/mol. The number of benzene rings is 1. The Kier molecular flexibility index (Phi) is 3.54. The lowest BCUT2D eigenvalue weighted by Gasteiger charge is -2.42. The minimum atomic E-state index is -0.746. The van der Waals surface area contributed by atoms with Crippen molar-refractivity contribution in [2.75, 3.05) is 19.6 Å². The fourth-order valence-corrected chi connectivity index (χ4v) is 3.36. The molecule has 2 aliphatic rings. The van der Waals surface area contributed by atoms with Gasteiger partial charge in [0.1, 0.15) is 0 Å². The van der Waals surface area contributed by atoms with Crippen molar-refractivity contribution >= 4 is 0 Å². The molecule has 2 fully saturated rings. The highest BCUT2D eigenvalue weighted by atomic mass is 19.2. The normalized spacial score (nSPS) is 28.6. The second-order valence-electron chi connectivity index (χ2n) is 5.78. The maximum Gasteiger partial charge on any atom is 0.163 e. The third kappa shape index (κ3) is 2.51. The Hall–Kier alpha value is -1.00. The van der Waals surface area contributed by atoms with Crippen LogP contribution in [0, 0.1) is 11.6 Å². The molecular formula is C15H20F2N2. The quantitative estimate of drug-likeness (QED) is 0.812. The number of hydrogen-bond acceptors (Lipinski definition) is 2. The van der Waals surface area contributed by atoms with Crippen molar-refractivity contribution in [2.45, 2.75) is 38.4 Å². The van der Waals surface area contributed by atoms with Gasteiger partial charge in [0.15, 0.2) is 11.6 Å². The summed E-state index contributed by atoms with van der Waals surface area (Å²) in [7, 11) is 0. The SMILES string of the molecule is C[C@H]1CN2CCC[C@@H]2CN1Cc1cccc(F)c1F. The van der Waals surface area contributed by atoms with E-state index >= 15 is 0 Å². The van der Waals surface area contributed by atoms with E-state index in [1.807, 2.05) is 0 Å². The molecule has 2 saturated heterocycles. The Morgan fingerprint density at radius 2 is 2.11 bits per heavy atom. The molecule has 104 valence electrons. The topological polar surface area (TPSA) is 6.48 Å². The Balaban J connectivity index is 1.73. The van der Waals surface area contributed by atoms with Crippen LogP contribution in [0.25, 0.3) is 0 Å². The van der Waals surface area contributed by atoms with Crippen molar-refractivity contribution in [3.63, 3.8) is 0 Å². The molecule has 1 aromatic carbocycles. The van der Waals surface area contributed by atoms with Gasteiger partial charge >= 0.3 is 0 Å². The average Bonchev–Trinajstić information content (AvgIpc) is 2.82. The summed E-state index contributed by atoms with van der Waals surface area (Å²) in [5.41, 5.74) is 0.471. The smallest absolute Gasteiger partial charge is 0.163 e. The van der Waals surface area contributed by atoms with Gasteiger partial charge in [-0.15, -0.1) is 0 Å². The van der Waals surface area contributed by atoms with Crippen molar-refractivity contribution in [1.29, 1.82) is 0 Å². The molecule has 2 heterocycles. The maximum atomic E-state index is 13.7. The molecule has 2 atom stereocenters. The fourth-order valence-electron chi connectivity index (χ4n) is 3.36. The summed E-state index contributed by atoms with van der Waals surface area (Å²) >= 11 is 0. The van der Waals surface area contributed by atoms with E-state index in [9.17, 15) is 8.78 Å². The Morgan fingerprint density at radius 1 is 1.26 bits per heavy atom. The zero-order valence-corrected chi connectivity index (χ0v) is 11.3. The number of rotatable bonds is 2. The Morgan fingerprint density at radius 3 is 2.95 bits per heavy atom. The first-order chi connectivity index (χ1) is 9.15. The first-order valence-electron chi connectivity index (χ1n) is 7.06. The first-order valence-corrected chi connectivity index (χ1v) is 7.06. The van der Waals surface area contributed by atoms with E-state index in [2.05, 4.69) is 16.7 Å². The molecule has 4 heteroatoms. The summed E-state index contributed by atoms with van der Waals surface area (Å²) in [6, 6.07) is 5.46. The Labute approximate surface area is 113 Å². The summed E-state index contributed by atoms with van der Waals surface area (Å²) < 4.78 is 27.0. The number of halogens is 2. The molecule has 0 bridgehead atoms. The molecule has 2 nitrogen and oxygen atoms in total. The van der Waals surface area contributed by atoms with Gasteiger partial charge < -0.3 is 0 Å². The number of nitrogens with zero attached hydrogens (tertiary/aromatic N) is 2. The van der Waals surface area contributed by atoms with E-state index in [0.29, 0.717) is 24.2 Å². The van der Waals surface area contributed by atoms with E-state index in [0.717, 1.165) is 13.1 Å². The summed E-state index contributed by atoms with van der Waals surface area (Å²) in [6.07, 6.45) is 2.49. The summed E-state index contributed by atoms with van der Waals surface area (Å²) in [4.78, 5) is 4.81. The predicted molar refractivity (Wildman–Crippen MR) is 70.8 cm³/mol. The second-order valence-corrected chi connectivity index (χ2v) is 5.78. The zero-order valence-electron chi connectivity index (χ0n) is 11.3. The molecular weight excluding hydrogens is 246 g/mol. The minimum Gasteiger partial charge on any atom is -0.298 e. The van der Waals surface area contributed by atoms with Crippen LogP contribution in [0.1, 0.15) is 25.3 Å². The van der Waals surface area contributed by atoms with Gasteiger partial charge in [0.2, 0.25) is 0 Å². The van der Waals surface area contributed by atoms with Crippen LogP contribution >= 0.6 is 0 Å². The van der Waals surface area contributed by atoms with Gasteiger partial charge in [-0.05, 0) is 32.4 Å². The molecule has 1 aromatic rings. The van der Waals surface area contributed by atoms with Crippen LogP contribution in [-0.2, 0) is 6.54 Å². The standard InChI is InChI=1S/C15H20F2N2/c1-11-8-18-7-3-5-13(18)10-19(11)9-12-4-2-6-14(16)15(12)17/h2,4,6,11,13H,3,5,7-10H2,1H3/t11-,13+/m0/s1. The van der Waals surface area contributed by atoms with E-state index in [1.54, 1.807) is 12.1 Å². The molecule has 19 heavy (non-hydrogen) atoms. The van der Waals surface area contributed by atoms with Crippen molar-refractivity contribution in [3.8, 4) is 0 Å². The third-order valence-electron chi connectivity index (χ3n) is 4.47. The molecule has 0 aromatic heterocycles. The first kappa shape index (κ1) is 13.0. The van der Waals surface area contributed by atoms with Crippen molar-refractivity contribution < 1.29 is 8.78 Å². The van der Waals surface area contributed by atoms with Gasteiger partial charge in [-0.3, -0.25) is 9.80 Å². The molecule has 0 unspecified atom stereocenters. The van der Waals surface area contributed by atoms with Crippen LogP contribution in [0.4, 0.5) is 8.78 Å². The third-order valence-corrected chi connectivity index (χ3v) is 4.47. The summed E-state index contributed by atoms with van der Waals surface area (Å²) in [5.74, 6) is -1.44. The van der Waals surface area contributed by atoms with Crippen LogP contribution in [0.5, 0.6) is 0 Å². The molecule has 0 saturated carbocycles. The van der Waals surface area contributed by atoms with Gasteiger partial charge in [0, 0.05) is 37.3 Å². The van der Waals surface area contributed by atoms with E-state index < -0.39 is 11.6 Å². The molecule has 3 rings (SSSR count). The van der Waals surface area contributed by atoms with E-state index in [-0.39, 0.29) is 0 Å². The lowest BCUT2D eigenvalue weighted by molar-refractivity contribution is 0.0532. The van der Waals surface area contributed by atoms with E-state index in [4.69, 9.17) is 0 Å². The van der Waals surface area contributed by atoms with Gasteiger partial charge in [-0.1, -0.05) is 12.1 Å². The zero-order chi connectivity index (χ0) is 13.4. The highest BCUT2D eigenvalue weighted by Crippen LogP contribution is 2.26. The summed E-state index contributed by atoms with van der Waals surface area (Å²) in [6.45, 7) is 5.89. The molecule has 0 amide bonds. The van der Waals surface area contributed by atoms with Crippen LogP contribution in [0.15, 0.2) is 18.2 Å². The number of hydrogen-bond donors (Lipinski definition) is 0. The molecule has 0 N–H and O–H groups in total. The minimum absolute atomic E-state index is 0.400. The Bertz CT molecular complexity index is 463.